The van der Waals surface area contributed by atoms with Crippen molar-refractivity contribution >= 4 is 11.9 Å². The Hall–Kier alpha value is -1.92. The number of carbonyl (C=O) groups is 2. The summed E-state index contributed by atoms with van der Waals surface area (Å²) in [6.45, 7) is 4.92. The quantitative estimate of drug-likeness (QED) is 0.0320. The van der Waals surface area contributed by atoms with Gasteiger partial charge in [0.2, 0.25) is 5.91 Å². The maximum atomic E-state index is 12.5. The number of nitrogens with one attached hydrogen (secondary N) is 1. The van der Waals surface area contributed by atoms with Crippen molar-refractivity contribution in [2.75, 3.05) is 13.2 Å². The molecule has 0 bridgehead atoms. The molecule has 2 unspecified atom stereocenters. The van der Waals surface area contributed by atoms with Crippen molar-refractivity contribution in [3.8, 4) is 0 Å². The molecule has 0 heterocycles. The number of amides is 1. The third-order valence-electron chi connectivity index (χ3n) is 16.9. The minimum absolute atomic E-state index is 0.0117. The number of carbonyl (C=O) groups excluding carboxylic acids is 2. The minimum Gasteiger partial charge on any atom is -0.466 e. The van der Waals surface area contributed by atoms with Gasteiger partial charge in [-0.3, -0.25) is 9.59 Å². The van der Waals surface area contributed by atoms with Gasteiger partial charge in [-0.15, -0.1) is 0 Å². The molecule has 1 amide bonds. The van der Waals surface area contributed by atoms with Gasteiger partial charge in [0, 0.05) is 12.8 Å². The van der Waals surface area contributed by atoms with Crippen LogP contribution in [0.3, 0.4) is 0 Å². The molecule has 0 aliphatic heterocycles. The topological polar surface area (TPSA) is 95.9 Å². The van der Waals surface area contributed by atoms with E-state index in [1.54, 1.807) is 6.08 Å². The molecule has 6 heteroatoms. The third-order valence-corrected chi connectivity index (χ3v) is 16.9. The molecule has 0 rings (SSSR count). The summed E-state index contributed by atoms with van der Waals surface area (Å²) in [5, 5.41) is 23.1. The van der Waals surface area contributed by atoms with Crippen LogP contribution in [-0.4, -0.2) is 47.4 Å². The summed E-state index contributed by atoms with van der Waals surface area (Å²) in [5.41, 5.74) is 0. The predicted molar refractivity (Wildman–Crippen MR) is 352 cm³/mol. The van der Waals surface area contributed by atoms with E-state index in [9.17, 15) is 19.8 Å². The van der Waals surface area contributed by atoms with Gasteiger partial charge in [0.15, 0.2) is 0 Å². The number of esters is 1. The average molecular weight is 1120 g/mol. The first-order valence-electron chi connectivity index (χ1n) is 36.3. The van der Waals surface area contributed by atoms with Crippen LogP contribution in [0.15, 0.2) is 36.5 Å². The molecule has 0 spiro atoms. The first-order valence-corrected chi connectivity index (χ1v) is 36.3. The summed E-state index contributed by atoms with van der Waals surface area (Å²) in [5.74, 6) is -0.0508. The van der Waals surface area contributed by atoms with E-state index in [0.29, 0.717) is 19.4 Å². The maximum Gasteiger partial charge on any atom is 0.305 e. The zero-order valence-electron chi connectivity index (χ0n) is 54.1. The predicted octanol–water partition coefficient (Wildman–Crippen LogP) is 23.5. The third kappa shape index (κ3) is 65.2. The number of aliphatic hydroxyl groups is 2. The summed E-state index contributed by atoms with van der Waals surface area (Å²) < 4.78 is 5.49. The van der Waals surface area contributed by atoms with Gasteiger partial charge in [-0.25, -0.2) is 0 Å². The summed E-state index contributed by atoms with van der Waals surface area (Å²) in [4.78, 5) is 24.5. The summed E-state index contributed by atoms with van der Waals surface area (Å²) in [7, 11) is 0. The van der Waals surface area contributed by atoms with Crippen LogP contribution >= 0.6 is 0 Å². The highest BCUT2D eigenvalue weighted by atomic mass is 16.5. The minimum atomic E-state index is -0.841. The number of hydrogen-bond donors (Lipinski definition) is 3. The Morgan fingerprint density at radius 1 is 0.338 bits per heavy atom. The molecule has 0 saturated carbocycles. The summed E-state index contributed by atoms with van der Waals surface area (Å²) in [6.07, 6.45) is 89.6. The standard InChI is InChI=1S/C74H141NO5/c1-3-5-7-9-11-13-15-17-42-46-50-54-58-62-66-72(77)71(70-76)75-73(78)67-63-59-55-51-47-43-40-38-36-34-32-30-28-26-24-22-20-19-21-23-25-27-29-31-33-35-37-39-41-45-49-53-57-61-65-69-80-74(79)68-64-60-56-52-48-44-18-16-14-12-10-8-6-4-2/h16,18,21,23,62,66,71-72,76-77H,3-15,17,19-20,22,24-61,63-65,67-70H2,1-2H3,(H,75,78)/b18-16-,23-21-,66-62+. The number of hydrogen-bond acceptors (Lipinski definition) is 5. The molecule has 0 saturated heterocycles. The molecule has 6 nitrogen and oxygen atoms in total. The van der Waals surface area contributed by atoms with E-state index in [0.717, 1.165) is 44.9 Å². The van der Waals surface area contributed by atoms with E-state index in [4.69, 9.17) is 4.74 Å². The number of ether oxygens (including phenoxy) is 1. The Labute approximate surface area is 500 Å². The smallest absolute Gasteiger partial charge is 0.305 e. The molecular weight excluding hydrogens is 983 g/mol. The van der Waals surface area contributed by atoms with Crippen LogP contribution in [0.2, 0.25) is 0 Å². The van der Waals surface area contributed by atoms with E-state index in [2.05, 4.69) is 43.5 Å². The van der Waals surface area contributed by atoms with Gasteiger partial charge in [-0.05, 0) is 83.5 Å². The molecule has 0 aromatic heterocycles. The normalized spacial score (nSPS) is 12.7. The lowest BCUT2D eigenvalue weighted by Crippen LogP contribution is -2.45. The lowest BCUT2D eigenvalue weighted by atomic mass is 10.0. The second-order valence-electron chi connectivity index (χ2n) is 24.9. The molecule has 3 N–H and O–H groups in total. The molecule has 0 radical (unpaired) electrons. The number of allylic oxidation sites excluding steroid dienone is 5. The van der Waals surface area contributed by atoms with E-state index in [1.807, 2.05) is 6.08 Å². The Bertz CT molecular complexity index is 1300. The monoisotopic (exact) mass is 1120 g/mol. The van der Waals surface area contributed by atoms with Crippen molar-refractivity contribution in [1.29, 1.82) is 0 Å². The Morgan fingerprint density at radius 2 is 0.588 bits per heavy atom. The van der Waals surface area contributed by atoms with Crippen LogP contribution in [0.25, 0.3) is 0 Å². The van der Waals surface area contributed by atoms with E-state index in [-0.39, 0.29) is 18.5 Å². The lowest BCUT2D eigenvalue weighted by Gasteiger charge is -2.20. The zero-order valence-corrected chi connectivity index (χ0v) is 54.1. The first kappa shape index (κ1) is 78.1. The van der Waals surface area contributed by atoms with Crippen molar-refractivity contribution < 1.29 is 24.5 Å². The van der Waals surface area contributed by atoms with Crippen molar-refractivity contribution in [3.05, 3.63) is 36.5 Å². The fourth-order valence-corrected chi connectivity index (χ4v) is 11.3. The SMILES string of the molecule is CCCCCCC/C=C\CCCCCCCC(=O)OCCCCCCCCCCCCCCCC/C=C\CCCCCCCCCCCCCCCCCCCC(=O)NC(CO)C(O)/C=C/CCCCCCCCCCCCCC. The fourth-order valence-electron chi connectivity index (χ4n) is 11.3. The van der Waals surface area contributed by atoms with Gasteiger partial charge in [-0.1, -0.05) is 339 Å². The van der Waals surface area contributed by atoms with E-state index in [1.165, 1.54) is 327 Å². The molecule has 80 heavy (non-hydrogen) atoms. The molecule has 0 aliphatic carbocycles. The average Bonchev–Trinajstić information content (AvgIpc) is 3.46. The summed E-state index contributed by atoms with van der Waals surface area (Å²) in [6, 6.07) is -0.625. The molecule has 472 valence electrons. The van der Waals surface area contributed by atoms with Gasteiger partial charge in [0.1, 0.15) is 0 Å². The molecular formula is C74H141NO5. The van der Waals surface area contributed by atoms with Gasteiger partial charge in [0.05, 0.1) is 25.4 Å². The highest BCUT2D eigenvalue weighted by Crippen LogP contribution is 2.18. The Balaban J connectivity index is 3.34. The zero-order chi connectivity index (χ0) is 57.8. The lowest BCUT2D eigenvalue weighted by molar-refractivity contribution is -0.143. The van der Waals surface area contributed by atoms with Crippen LogP contribution in [0, 0.1) is 0 Å². The second kappa shape index (κ2) is 69.6. The van der Waals surface area contributed by atoms with Gasteiger partial charge in [-0.2, -0.15) is 0 Å². The van der Waals surface area contributed by atoms with Crippen molar-refractivity contribution in [1.82, 2.24) is 5.32 Å². The van der Waals surface area contributed by atoms with Crippen LogP contribution in [0.1, 0.15) is 399 Å². The molecule has 0 aromatic carbocycles. The molecule has 2 atom stereocenters. The van der Waals surface area contributed by atoms with Crippen molar-refractivity contribution in [3.63, 3.8) is 0 Å². The van der Waals surface area contributed by atoms with Gasteiger partial charge < -0.3 is 20.3 Å². The first-order chi connectivity index (χ1) is 39.5. The Kier molecular flexibility index (Phi) is 67.9. The highest BCUT2D eigenvalue weighted by molar-refractivity contribution is 5.76. The molecule has 0 aliphatic rings. The van der Waals surface area contributed by atoms with Gasteiger partial charge >= 0.3 is 5.97 Å². The highest BCUT2D eigenvalue weighted by Gasteiger charge is 2.18. The van der Waals surface area contributed by atoms with E-state index < -0.39 is 12.1 Å². The van der Waals surface area contributed by atoms with Crippen molar-refractivity contribution in [2.24, 2.45) is 0 Å². The van der Waals surface area contributed by atoms with Crippen LogP contribution < -0.4 is 5.32 Å². The van der Waals surface area contributed by atoms with E-state index >= 15 is 0 Å². The number of aliphatic hydroxyl groups excluding tert-OH is 2. The fraction of sp³-hybridized carbons (Fsp3) is 0.892. The Morgan fingerprint density at radius 3 is 0.887 bits per heavy atom. The number of unbranched alkanes of at least 4 members (excludes halogenated alkanes) is 53. The molecule has 0 aromatic rings. The van der Waals surface area contributed by atoms with Crippen LogP contribution in [-0.2, 0) is 14.3 Å². The number of rotatable bonds is 68. The molecule has 0 fully saturated rings. The maximum absolute atomic E-state index is 12.5. The van der Waals surface area contributed by atoms with Gasteiger partial charge in [0.25, 0.3) is 0 Å². The van der Waals surface area contributed by atoms with Crippen LogP contribution in [0.5, 0.6) is 0 Å². The second-order valence-corrected chi connectivity index (χ2v) is 24.9. The van der Waals surface area contributed by atoms with Crippen molar-refractivity contribution in [2.45, 2.75) is 411 Å². The van der Waals surface area contributed by atoms with Crippen LogP contribution in [0.4, 0.5) is 0 Å². The summed E-state index contributed by atoms with van der Waals surface area (Å²) >= 11 is 0. The largest absolute Gasteiger partial charge is 0.466 e.